The lowest BCUT2D eigenvalue weighted by molar-refractivity contribution is -0.0444. The van der Waals surface area contributed by atoms with E-state index in [4.69, 9.17) is 0 Å². The zero-order valence-corrected chi connectivity index (χ0v) is 12.8. The zero-order valence-electron chi connectivity index (χ0n) is 12.8. The van der Waals surface area contributed by atoms with Crippen LogP contribution >= 0.6 is 0 Å². The van der Waals surface area contributed by atoms with Gasteiger partial charge in [0.05, 0.1) is 6.10 Å². The molecule has 0 aliphatic heterocycles. The van der Waals surface area contributed by atoms with Crippen molar-refractivity contribution >= 4 is 0 Å². The van der Waals surface area contributed by atoms with E-state index in [2.05, 4.69) is 18.9 Å². The molecule has 3 atom stereocenters. The first-order chi connectivity index (χ1) is 9.12. The molecule has 0 bridgehead atoms. The van der Waals surface area contributed by atoms with Crippen LogP contribution in [0, 0.1) is 11.3 Å². The lowest BCUT2D eigenvalue weighted by Crippen LogP contribution is -2.54. The normalized spacial score (nSPS) is 36.6. The van der Waals surface area contributed by atoms with E-state index in [1.165, 1.54) is 51.4 Å². The van der Waals surface area contributed by atoms with Crippen LogP contribution in [0.4, 0.5) is 0 Å². The summed E-state index contributed by atoms with van der Waals surface area (Å²) in [4.78, 5) is 2.66. The van der Waals surface area contributed by atoms with Crippen molar-refractivity contribution in [2.24, 2.45) is 11.3 Å². The molecule has 3 aliphatic carbocycles. The fraction of sp³-hybridized carbons (Fsp3) is 1.00. The van der Waals surface area contributed by atoms with E-state index in [-0.39, 0.29) is 6.10 Å². The van der Waals surface area contributed by atoms with Gasteiger partial charge in [-0.1, -0.05) is 19.3 Å². The van der Waals surface area contributed by atoms with Crippen molar-refractivity contribution in [1.82, 2.24) is 4.90 Å². The molecule has 0 aromatic carbocycles. The smallest absolute Gasteiger partial charge is 0.0555 e. The van der Waals surface area contributed by atoms with E-state index in [0.29, 0.717) is 17.5 Å². The van der Waals surface area contributed by atoms with E-state index < -0.39 is 0 Å². The Labute approximate surface area is 118 Å². The Hall–Kier alpha value is -0.0800. The molecule has 2 nitrogen and oxygen atoms in total. The van der Waals surface area contributed by atoms with Gasteiger partial charge < -0.3 is 5.11 Å². The fourth-order valence-electron chi connectivity index (χ4n) is 5.05. The highest BCUT2D eigenvalue weighted by atomic mass is 16.3. The molecule has 0 aromatic heterocycles. The van der Waals surface area contributed by atoms with Crippen molar-refractivity contribution in [2.75, 3.05) is 7.05 Å². The average molecular weight is 265 g/mol. The molecule has 3 aliphatic rings. The maximum atomic E-state index is 10.1. The molecule has 0 heterocycles. The monoisotopic (exact) mass is 265 g/mol. The molecular formula is C17H31NO. The highest BCUT2D eigenvalue weighted by Crippen LogP contribution is 2.51. The maximum Gasteiger partial charge on any atom is 0.0555 e. The van der Waals surface area contributed by atoms with Crippen LogP contribution in [-0.4, -0.2) is 35.2 Å². The van der Waals surface area contributed by atoms with Gasteiger partial charge in [0.25, 0.3) is 0 Å². The van der Waals surface area contributed by atoms with Crippen molar-refractivity contribution < 1.29 is 5.11 Å². The summed E-state index contributed by atoms with van der Waals surface area (Å²) in [7, 11) is 2.34. The van der Waals surface area contributed by atoms with E-state index >= 15 is 0 Å². The minimum absolute atomic E-state index is 0.0488. The summed E-state index contributed by atoms with van der Waals surface area (Å²) in [6.07, 6.45) is 13.2. The quantitative estimate of drug-likeness (QED) is 0.843. The van der Waals surface area contributed by atoms with Gasteiger partial charge in [-0.3, -0.25) is 4.90 Å². The molecule has 0 saturated heterocycles. The minimum atomic E-state index is -0.0488. The molecule has 1 N–H and O–H groups in total. The molecule has 3 fully saturated rings. The SMILES string of the molecule is CC(C1CCC1)N(C)C1CC(O)CCC12CCCC2. The zero-order chi connectivity index (χ0) is 13.5. The van der Waals surface area contributed by atoms with E-state index in [0.717, 1.165) is 18.8 Å². The fourth-order valence-corrected chi connectivity index (χ4v) is 5.05. The van der Waals surface area contributed by atoms with Crippen molar-refractivity contribution in [3.63, 3.8) is 0 Å². The summed E-state index contributed by atoms with van der Waals surface area (Å²) >= 11 is 0. The molecule has 0 amide bonds. The second-order valence-corrected chi connectivity index (χ2v) is 7.61. The number of nitrogens with zero attached hydrogens (tertiary/aromatic N) is 1. The Morgan fingerprint density at radius 3 is 2.32 bits per heavy atom. The van der Waals surface area contributed by atoms with Crippen LogP contribution < -0.4 is 0 Å². The van der Waals surface area contributed by atoms with Gasteiger partial charge in [0.15, 0.2) is 0 Å². The molecule has 110 valence electrons. The third-order valence-electron chi connectivity index (χ3n) is 6.74. The van der Waals surface area contributed by atoms with Crippen molar-refractivity contribution in [1.29, 1.82) is 0 Å². The summed E-state index contributed by atoms with van der Waals surface area (Å²) in [6.45, 7) is 2.42. The summed E-state index contributed by atoms with van der Waals surface area (Å²) in [5.74, 6) is 0.919. The molecule has 3 saturated carbocycles. The number of hydrogen-bond acceptors (Lipinski definition) is 2. The summed E-state index contributed by atoms with van der Waals surface area (Å²) in [5.41, 5.74) is 0.548. The first-order valence-corrected chi connectivity index (χ1v) is 8.52. The molecule has 1 spiro atoms. The van der Waals surface area contributed by atoms with Crippen LogP contribution in [-0.2, 0) is 0 Å². The predicted octanol–water partition coefficient (Wildman–Crippen LogP) is 3.58. The Morgan fingerprint density at radius 2 is 1.74 bits per heavy atom. The first-order valence-electron chi connectivity index (χ1n) is 8.52. The third-order valence-corrected chi connectivity index (χ3v) is 6.74. The molecule has 3 rings (SSSR count). The lowest BCUT2D eigenvalue weighted by Gasteiger charge is -2.51. The van der Waals surface area contributed by atoms with Gasteiger partial charge in [0, 0.05) is 12.1 Å². The van der Waals surface area contributed by atoms with Crippen molar-refractivity contribution in [2.45, 2.75) is 89.3 Å². The Balaban J connectivity index is 1.74. The molecule has 0 radical (unpaired) electrons. The van der Waals surface area contributed by atoms with Crippen molar-refractivity contribution in [3.05, 3.63) is 0 Å². The number of aliphatic hydroxyl groups is 1. The van der Waals surface area contributed by atoms with Gasteiger partial charge in [0.2, 0.25) is 0 Å². The second kappa shape index (κ2) is 5.37. The number of rotatable bonds is 3. The second-order valence-electron chi connectivity index (χ2n) is 7.61. The van der Waals surface area contributed by atoms with Gasteiger partial charge in [-0.2, -0.15) is 0 Å². The molecule has 3 unspecified atom stereocenters. The van der Waals surface area contributed by atoms with Gasteiger partial charge in [-0.15, -0.1) is 0 Å². The summed E-state index contributed by atoms with van der Waals surface area (Å²) in [6, 6.07) is 1.34. The average Bonchev–Trinajstić information content (AvgIpc) is 2.79. The van der Waals surface area contributed by atoms with E-state index in [9.17, 15) is 5.11 Å². The highest BCUT2D eigenvalue weighted by Gasteiger charge is 2.47. The Kier molecular flexibility index (Phi) is 3.92. The van der Waals surface area contributed by atoms with Crippen LogP contribution in [0.5, 0.6) is 0 Å². The largest absolute Gasteiger partial charge is 0.393 e. The predicted molar refractivity (Wildman–Crippen MR) is 79.1 cm³/mol. The van der Waals surface area contributed by atoms with E-state index in [1.54, 1.807) is 0 Å². The van der Waals surface area contributed by atoms with Gasteiger partial charge in [-0.25, -0.2) is 0 Å². The van der Waals surface area contributed by atoms with Crippen LogP contribution in [0.2, 0.25) is 0 Å². The molecule has 2 heteroatoms. The summed E-state index contributed by atoms with van der Waals surface area (Å²) in [5, 5.41) is 10.1. The van der Waals surface area contributed by atoms with Gasteiger partial charge in [-0.05, 0) is 70.3 Å². The molecule has 0 aromatic rings. The topological polar surface area (TPSA) is 23.5 Å². The molecular weight excluding hydrogens is 234 g/mol. The van der Waals surface area contributed by atoms with Crippen LogP contribution in [0.1, 0.15) is 71.1 Å². The van der Waals surface area contributed by atoms with E-state index in [1.807, 2.05) is 0 Å². The highest BCUT2D eigenvalue weighted by molar-refractivity contribution is 5.01. The third kappa shape index (κ3) is 2.47. The van der Waals surface area contributed by atoms with Crippen LogP contribution in [0.25, 0.3) is 0 Å². The maximum absolute atomic E-state index is 10.1. The van der Waals surface area contributed by atoms with Crippen molar-refractivity contribution in [3.8, 4) is 0 Å². The standard InChI is InChI=1S/C17H31NO/c1-13(14-6-5-7-14)18(2)16-12-15(19)8-11-17(16)9-3-4-10-17/h13-16,19H,3-12H2,1-2H3. The first kappa shape index (κ1) is 13.9. The lowest BCUT2D eigenvalue weighted by atomic mass is 9.66. The van der Waals surface area contributed by atoms with Crippen LogP contribution in [0.3, 0.4) is 0 Å². The minimum Gasteiger partial charge on any atom is -0.393 e. The van der Waals surface area contributed by atoms with Crippen LogP contribution in [0.15, 0.2) is 0 Å². The number of hydrogen-bond donors (Lipinski definition) is 1. The number of aliphatic hydroxyl groups excluding tert-OH is 1. The molecule has 19 heavy (non-hydrogen) atoms. The van der Waals surface area contributed by atoms with Gasteiger partial charge in [0.1, 0.15) is 0 Å². The Morgan fingerprint density at radius 1 is 1.05 bits per heavy atom. The Bertz CT molecular complexity index is 306. The summed E-state index contributed by atoms with van der Waals surface area (Å²) < 4.78 is 0. The van der Waals surface area contributed by atoms with Gasteiger partial charge >= 0.3 is 0 Å².